The summed E-state index contributed by atoms with van der Waals surface area (Å²) >= 11 is 1.50. The van der Waals surface area contributed by atoms with Crippen molar-refractivity contribution in [2.24, 2.45) is 5.10 Å². The second-order valence-corrected chi connectivity index (χ2v) is 7.03. The lowest BCUT2D eigenvalue weighted by Crippen LogP contribution is -2.10. The molecule has 0 aliphatic rings. The fourth-order valence-corrected chi connectivity index (χ4v) is 3.53. The summed E-state index contributed by atoms with van der Waals surface area (Å²) in [7, 11) is 1.81. The number of rotatable bonds is 6. The van der Waals surface area contributed by atoms with Crippen LogP contribution in [0.4, 0.5) is 5.13 Å². The minimum absolute atomic E-state index is 0.240. The number of benzene rings is 2. The molecule has 0 spiro atoms. The summed E-state index contributed by atoms with van der Waals surface area (Å²) in [5, 5.41) is 18.2. The third kappa shape index (κ3) is 4.23. The third-order valence-corrected chi connectivity index (χ3v) is 5.16. The molecule has 0 amide bonds. The van der Waals surface area contributed by atoms with E-state index < -0.39 is 5.97 Å². The van der Waals surface area contributed by atoms with Gasteiger partial charge in [0.25, 0.3) is 0 Å². The van der Waals surface area contributed by atoms with E-state index in [1.54, 1.807) is 30.4 Å². The van der Waals surface area contributed by atoms with Crippen LogP contribution in [-0.4, -0.2) is 29.3 Å². The molecule has 27 heavy (non-hydrogen) atoms. The van der Waals surface area contributed by atoms with Gasteiger partial charge >= 0.3 is 5.97 Å². The number of nitrogens with zero attached hydrogens (tertiary/aromatic N) is 3. The van der Waals surface area contributed by atoms with Gasteiger partial charge in [0.2, 0.25) is 5.13 Å². The van der Waals surface area contributed by atoms with Crippen molar-refractivity contribution in [1.82, 2.24) is 4.98 Å². The molecule has 0 radical (unpaired) electrons. The topological polar surface area (TPSA) is 65.8 Å². The summed E-state index contributed by atoms with van der Waals surface area (Å²) in [4.78, 5) is 16.1. The van der Waals surface area contributed by atoms with Crippen LogP contribution in [0.3, 0.4) is 0 Å². The van der Waals surface area contributed by atoms with E-state index in [1.165, 1.54) is 16.9 Å². The molecule has 0 atom stereocenters. The molecule has 0 fully saturated rings. The van der Waals surface area contributed by atoms with Crippen LogP contribution < -0.4 is 5.01 Å². The molecule has 2 aromatic carbocycles. The number of anilines is 1. The quantitative estimate of drug-likeness (QED) is 0.491. The van der Waals surface area contributed by atoms with Gasteiger partial charge in [0.1, 0.15) is 0 Å². The van der Waals surface area contributed by atoms with E-state index in [4.69, 9.17) is 0 Å². The predicted molar refractivity (Wildman–Crippen MR) is 111 cm³/mol. The Morgan fingerprint density at radius 1 is 1.30 bits per heavy atom. The number of aromatic nitrogens is 1. The molecule has 1 aromatic heterocycles. The maximum absolute atomic E-state index is 11.4. The largest absolute Gasteiger partial charge is 0.478 e. The van der Waals surface area contributed by atoms with Crippen LogP contribution in [0.25, 0.3) is 11.3 Å². The molecule has 3 aromatic rings. The summed E-state index contributed by atoms with van der Waals surface area (Å²) in [5.74, 6) is -0.962. The van der Waals surface area contributed by atoms with E-state index in [2.05, 4.69) is 29.1 Å². The Bertz CT molecular complexity index is 995. The van der Waals surface area contributed by atoms with E-state index in [9.17, 15) is 9.90 Å². The van der Waals surface area contributed by atoms with Gasteiger partial charge in [0, 0.05) is 23.6 Å². The van der Waals surface area contributed by atoms with Crippen LogP contribution in [0.1, 0.15) is 34.0 Å². The lowest BCUT2D eigenvalue weighted by Gasteiger charge is -2.09. The Morgan fingerprint density at radius 3 is 2.81 bits per heavy atom. The van der Waals surface area contributed by atoms with Crippen molar-refractivity contribution in [2.75, 3.05) is 12.1 Å². The van der Waals surface area contributed by atoms with Crippen molar-refractivity contribution in [1.29, 1.82) is 0 Å². The summed E-state index contributed by atoms with van der Waals surface area (Å²) in [6.07, 6.45) is 2.51. The average Bonchev–Trinajstić information content (AvgIpc) is 3.16. The number of hydrogen-bond acceptors (Lipinski definition) is 5. The van der Waals surface area contributed by atoms with Gasteiger partial charge in [-0.15, -0.1) is 11.3 Å². The molecule has 138 valence electrons. The Balaban J connectivity index is 1.84. The monoisotopic (exact) mass is 379 g/mol. The van der Waals surface area contributed by atoms with Crippen molar-refractivity contribution in [3.05, 3.63) is 70.1 Å². The molecule has 0 aliphatic carbocycles. The molecule has 0 saturated carbocycles. The van der Waals surface area contributed by atoms with Gasteiger partial charge in [-0.05, 0) is 25.0 Å². The summed E-state index contributed by atoms with van der Waals surface area (Å²) in [6, 6.07) is 13.5. The zero-order valence-electron chi connectivity index (χ0n) is 15.5. The summed E-state index contributed by atoms with van der Waals surface area (Å²) in [6.45, 7) is 3.99. The van der Waals surface area contributed by atoms with Gasteiger partial charge < -0.3 is 5.11 Å². The molecule has 0 saturated heterocycles. The average molecular weight is 379 g/mol. The van der Waals surface area contributed by atoms with Gasteiger partial charge in [-0.3, -0.25) is 0 Å². The lowest BCUT2D eigenvalue weighted by molar-refractivity contribution is 0.0696. The Morgan fingerprint density at radius 2 is 2.07 bits per heavy atom. The van der Waals surface area contributed by atoms with E-state index in [0.29, 0.717) is 5.56 Å². The fraction of sp³-hybridized carbons (Fsp3) is 0.190. The van der Waals surface area contributed by atoms with Gasteiger partial charge in [-0.2, -0.15) is 5.10 Å². The first-order valence-corrected chi connectivity index (χ1v) is 9.53. The first-order chi connectivity index (χ1) is 13.0. The molecule has 0 aliphatic heterocycles. The first-order valence-electron chi connectivity index (χ1n) is 8.65. The maximum Gasteiger partial charge on any atom is 0.336 e. The molecular weight excluding hydrogens is 358 g/mol. The maximum atomic E-state index is 11.4. The molecule has 3 rings (SSSR count). The molecular formula is C21H21N3O2S. The number of carboxylic acid groups (broad SMARTS) is 1. The molecule has 5 nitrogen and oxygen atoms in total. The number of carboxylic acids is 1. The van der Waals surface area contributed by atoms with Crippen LogP contribution in [0, 0.1) is 6.92 Å². The second-order valence-electron chi connectivity index (χ2n) is 6.19. The zero-order chi connectivity index (χ0) is 19.4. The number of aryl methyl sites for hydroxylation is 2. The van der Waals surface area contributed by atoms with E-state index >= 15 is 0 Å². The Kier molecular flexibility index (Phi) is 5.66. The minimum Gasteiger partial charge on any atom is -0.478 e. The van der Waals surface area contributed by atoms with Crippen molar-refractivity contribution in [3.8, 4) is 11.3 Å². The minimum atomic E-state index is -0.962. The van der Waals surface area contributed by atoms with E-state index in [-0.39, 0.29) is 5.56 Å². The van der Waals surface area contributed by atoms with Crippen LogP contribution in [0.5, 0.6) is 0 Å². The second kappa shape index (κ2) is 8.14. The van der Waals surface area contributed by atoms with Crippen LogP contribution in [-0.2, 0) is 6.42 Å². The fourth-order valence-electron chi connectivity index (χ4n) is 2.78. The van der Waals surface area contributed by atoms with E-state index in [1.807, 2.05) is 30.5 Å². The number of thiazole rings is 1. The predicted octanol–water partition coefficient (Wildman–Crippen LogP) is 4.85. The highest BCUT2D eigenvalue weighted by Crippen LogP contribution is 2.29. The van der Waals surface area contributed by atoms with Crippen LogP contribution in [0.15, 0.2) is 52.9 Å². The van der Waals surface area contributed by atoms with Gasteiger partial charge in [0.05, 0.1) is 17.5 Å². The van der Waals surface area contributed by atoms with Gasteiger partial charge in [0.15, 0.2) is 0 Å². The molecule has 0 bridgehead atoms. The Labute approximate surface area is 162 Å². The van der Waals surface area contributed by atoms with Crippen LogP contribution in [0.2, 0.25) is 0 Å². The molecule has 1 N–H and O–H groups in total. The van der Waals surface area contributed by atoms with Crippen molar-refractivity contribution >= 4 is 28.7 Å². The third-order valence-electron chi connectivity index (χ3n) is 4.25. The SMILES string of the molecule is CCc1ccccc1-c1csc(N(C)/N=C/c2ccc(C)cc2C(=O)O)n1. The van der Waals surface area contributed by atoms with Crippen LogP contribution >= 0.6 is 11.3 Å². The van der Waals surface area contributed by atoms with Crippen molar-refractivity contribution < 1.29 is 9.90 Å². The van der Waals surface area contributed by atoms with Crippen molar-refractivity contribution in [3.63, 3.8) is 0 Å². The van der Waals surface area contributed by atoms with E-state index in [0.717, 1.165) is 28.4 Å². The Hall–Kier alpha value is -2.99. The van der Waals surface area contributed by atoms with Gasteiger partial charge in [-0.25, -0.2) is 14.8 Å². The highest BCUT2D eigenvalue weighted by molar-refractivity contribution is 7.14. The first kappa shape index (κ1) is 18.8. The molecule has 1 heterocycles. The number of carbonyl (C=O) groups is 1. The standard InChI is InChI=1S/C21H21N3O2S/c1-4-15-7-5-6-8-17(15)19-13-27-21(23-19)24(3)22-12-16-10-9-14(2)11-18(16)20(25)26/h5-13H,4H2,1-3H3,(H,25,26)/b22-12+. The number of hydrazone groups is 1. The lowest BCUT2D eigenvalue weighted by atomic mass is 10.0. The summed E-state index contributed by atoms with van der Waals surface area (Å²) < 4.78 is 0. The number of aromatic carboxylic acids is 1. The highest BCUT2D eigenvalue weighted by Gasteiger charge is 2.12. The molecule has 0 unspecified atom stereocenters. The van der Waals surface area contributed by atoms with Gasteiger partial charge in [-0.1, -0.05) is 48.9 Å². The smallest absolute Gasteiger partial charge is 0.336 e. The molecule has 6 heteroatoms. The normalized spacial score (nSPS) is 11.1. The zero-order valence-corrected chi connectivity index (χ0v) is 16.3. The number of hydrogen-bond donors (Lipinski definition) is 1. The summed E-state index contributed by atoms with van der Waals surface area (Å²) in [5.41, 5.74) is 5.02. The highest BCUT2D eigenvalue weighted by atomic mass is 32.1. The van der Waals surface area contributed by atoms with Crippen molar-refractivity contribution in [2.45, 2.75) is 20.3 Å².